The van der Waals surface area contributed by atoms with E-state index in [2.05, 4.69) is 24.4 Å². The van der Waals surface area contributed by atoms with Gasteiger partial charge in [0, 0.05) is 34.2 Å². The predicted molar refractivity (Wildman–Crippen MR) is 78.6 cm³/mol. The number of rotatable bonds is 6. The van der Waals surface area contributed by atoms with Gasteiger partial charge in [-0.1, -0.05) is 18.5 Å². The smallest absolute Gasteiger partial charge is 0.0510 e. The highest BCUT2D eigenvalue weighted by molar-refractivity contribution is 7.99. The maximum Gasteiger partial charge on any atom is 0.0510 e. The van der Waals surface area contributed by atoms with Crippen molar-refractivity contribution in [1.29, 1.82) is 0 Å². The van der Waals surface area contributed by atoms with Crippen LogP contribution in [0.2, 0.25) is 5.02 Å². The van der Waals surface area contributed by atoms with Crippen LogP contribution >= 0.6 is 23.4 Å². The number of hydrogen-bond acceptors (Lipinski definition) is 3. The molecule has 0 aliphatic carbocycles. The van der Waals surface area contributed by atoms with Crippen LogP contribution in [0, 0.1) is 5.92 Å². The standard InChI is InChI=1S/C14H20ClNOS/c1-2-16-14(11-7-8-17-9-11)10-18-13-5-3-12(15)4-6-13/h3-6,11,14,16H,2,7-10H2,1H3. The summed E-state index contributed by atoms with van der Waals surface area (Å²) in [6, 6.07) is 8.61. The van der Waals surface area contributed by atoms with E-state index in [1.807, 2.05) is 23.9 Å². The zero-order chi connectivity index (χ0) is 12.8. The Morgan fingerprint density at radius 1 is 1.44 bits per heavy atom. The summed E-state index contributed by atoms with van der Waals surface area (Å²) in [5, 5.41) is 4.38. The van der Waals surface area contributed by atoms with Gasteiger partial charge in [0.1, 0.15) is 0 Å². The third-order valence-corrected chi connectivity index (χ3v) is 4.63. The molecule has 1 fully saturated rings. The Bertz CT molecular complexity index is 351. The van der Waals surface area contributed by atoms with Crippen LogP contribution in [0.4, 0.5) is 0 Å². The molecule has 0 spiro atoms. The number of nitrogens with one attached hydrogen (secondary N) is 1. The van der Waals surface area contributed by atoms with E-state index in [-0.39, 0.29) is 0 Å². The third kappa shape index (κ3) is 4.16. The molecule has 1 N–H and O–H groups in total. The van der Waals surface area contributed by atoms with Crippen molar-refractivity contribution in [2.75, 3.05) is 25.5 Å². The lowest BCUT2D eigenvalue weighted by Gasteiger charge is -2.22. The van der Waals surface area contributed by atoms with Crippen LogP contribution in [-0.2, 0) is 4.74 Å². The molecule has 0 radical (unpaired) electrons. The van der Waals surface area contributed by atoms with Crippen LogP contribution in [0.25, 0.3) is 0 Å². The van der Waals surface area contributed by atoms with E-state index in [0.29, 0.717) is 12.0 Å². The van der Waals surface area contributed by atoms with Gasteiger partial charge in [0.2, 0.25) is 0 Å². The summed E-state index contributed by atoms with van der Waals surface area (Å²) in [4.78, 5) is 1.28. The highest BCUT2D eigenvalue weighted by Gasteiger charge is 2.24. The maximum atomic E-state index is 5.89. The lowest BCUT2D eigenvalue weighted by atomic mass is 10.0. The van der Waals surface area contributed by atoms with Gasteiger partial charge in [0.15, 0.2) is 0 Å². The Labute approximate surface area is 118 Å². The molecule has 1 aromatic carbocycles. The van der Waals surface area contributed by atoms with Gasteiger partial charge >= 0.3 is 0 Å². The van der Waals surface area contributed by atoms with Crippen molar-refractivity contribution in [2.45, 2.75) is 24.3 Å². The second-order valence-electron chi connectivity index (χ2n) is 4.55. The van der Waals surface area contributed by atoms with Gasteiger partial charge in [-0.05, 0) is 37.2 Å². The van der Waals surface area contributed by atoms with Crippen molar-refractivity contribution >= 4 is 23.4 Å². The molecule has 0 bridgehead atoms. The molecule has 2 atom stereocenters. The molecule has 0 amide bonds. The third-order valence-electron chi connectivity index (χ3n) is 3.24. The van der Waals surface area contributed by atoms with Gasteiger partial charge in [-0.25, -0.2) is 0 Å². The summed E-state index contributed by atoms with van der Waals surface area (Å²) in [6.07, 6.45) is 1.18. The van der Waals surface area contributed by atoms with Crippen molar-refractivity contribution in [1.82, 2.24) is 5.32 Å². The minimum absolute atomic E-state index is 0.540. The van der Waals surface area contributed by atoms with Crippen LogP contribution in [0.1, 0.15) is 13.3 Å². The first-order valence-electron chi connectivity index (χ1n) is 6.49. The van der Waals surface area contributed by atoms with Crippen LogP contribution < -0.4 is 5.32 Å². The van der Waals surface area contributed by atoms with Gasteiger partial charge < -0.3 is 10.1 Å². The minimum atomic E-state index is 0.540. The predicted octanol–water partition coefficient (Wildman–Crippen LogP) is 3.45. The second kappa shape index (κ2) is 7.39. The first kappa shape index (κ1) is 14.2. The van der Waals surface area contributed by atoms with Crippen molar-refractivity contribution < 1.29 is 4.74 Å². The monoisotopic (exact) mass is 285 g/mol. The first-order valence-corrected chi connectivity index (χ1v) is 7.85. The van der Waals surface area contributed by atoms with Gasteiger partial charge in [-0.3, -0.25) is 0 Å². The Kier molecular flexibility index (Phi) is 5.83. The van der Waals surface area contributed by atoms with E-state index in [1.54, 1.807) is 0 Å². The molecular formula is C14H20ClNOS. The Balaban J connectivity index is 1.86. The number of halogens is 1. The molecule has 4 heteroatoms. The molecule has 1 heterocycles. The highest BCUT2D eigenvalue weighted by Crippen LogP contribution is 2.25. The van der Waals surface area contributed by atoms with E-state index in [4.69, 9.17) is 16.3 Å². The van der Waals surface area contributed by atoms with Crippen LogP contribution in [0.3, 0.4) is 0 Å². The number of hydrogen-bond donors (Lipinski definition) is 1. The average molecular weight is 286 g/mol. The molecule has 1 aliphatic rings. The number of thioether (sulfide) groups is 1. The molecule has 0 aromatic heterocycles. The van der Waals surface area contributed by atoms with Gasteiger partial charge in [0.05, 0.1) is 6.61 Å². The fourth-order valence-electron chi connectivity index (χ4n) is 2.21. The summed E-state index contributed by atoms with van der Waals surface area (Å²) in [6.45, 7) is 5.00. The summed E-state index contributed by atoms with van der Waals surface area (Å²) in [5.74, 6) is 1.74. The average Bonchev–Trinajstić information content (AvgIpc) is 2.90. The van der Waals surface area contributed by atoms with Crippen LogP contribution in [-0.4, -0.2) is 31.6 Å². The fourth-order valence-corrected chi connectivity index (χ4v) is 3.43. The fraction of sp³-hybridized carbons (Fsp3) is 0.571. The number of benzene rings is 1. The molecule has 100 valence electrons. The lowest BCUT2D eigenvalue weighted by molar-refractivity contribution is 0.179. The molecule has 1 aliphatic heterocycles. The second-order valence-corrected chi connectivity index (χ2v) is 6.08. The highest BCUT2D eigenvalue weighted by atomic mass is 35.5. The van der Waals surface area contributed by atoms with E-state index in [9.17, 15) is 0 Å². The van der Waals surface area contributed by atoms with E-state index in [0.717, 1.165) is 30.5 Å². The Hall–Kier alpha value is -0.220. The van der Waals surface area contributed by atoms with E-state index < -0.39 is 0 Å². The van der Waals surface area contributed by atoms with E-state index >= 15 is 0 Å². The van der Waals surface area contributed by atoms with Crippen molar-refractivity contribution in [2.24, 2.45) is 5.92 Å². The minimum Gasteiger partial charge on any atom is -0.381 e. The lowest BCUT2D eigenvalue weighted by Crippen LogP contribution is -2.38. The summed E-state index contributed by atoms with van der Waals surface area (Å²) >= 11 is 7.78. The molecule has 0 saturated carbocycles. The SMILES string of the molecule is CCNC(CSc1ccc(Cl)cc1)C1CCOC1. The summed E-state index contributed by atoms with van der Waals surface area (Å²) in [5.41, 5.74) is 0. The topological polar surface area (TPSA) is 21.3 Å². The first-order chi connectivity index (χ1) is 8.79. The quantitative estimate of drug-likeness (QED) is 0.809. The Morgan fingerprint density at radius 2 is 2.22 bits per heavy atom. The largest absolute Gasteiger partial charge is 0.381 e. The van der Waals surface area contributed by atoms with Crippen LogP contribution in [0.5, 0.6) is 0 Å². The molecule has 2 rings (SSSR count). The Morgan fingerprint density at radius 3 is 2.83 bits per heavy atom. The van der Waals surface area contributed by atoms with Crippen molar-refractivity contribution in [3.63, 3.8) is 0 Å². The van der Waals surface area contributed by atoms with Gasteiger partial charge in [-0.15, -0.1) is 11.8 Å². The maximum absolute atomic E-state index is 5.89. The molecule has 2 unspecified atom stereocenters. The van der Waals surface area contributed by atoms with Gasteiger partial charge in [0.25, 0.3) is 0 Å². The molecule has 2 nitrogen and oxygen atoms in total. The molecular weight excluding hydrogens is 266 g/mol. The molecule has 18 heavy (non-hydrogen) atoms. The zero-order valence-corrected chi connectivity index (χ0v) is 12.3. The van der Waals surface area contributed by atoms with Crippen molar-refractivity contribution in [3.8, 4) is 0 Å². The van der Waals surface area contributed by atoms with E-state index in [1.165, 1.54) is 11.3 Å². The molecule has 1 saturated heterocycles. The zero-order valence-electron chi connectivity index (χ0n) is 10.7. The van der Waals surface area contributed by atoms with Crippen LogP contribution in [0.15, 0.2) is 29.2 Å². The van der Waals surface area contributed by atoms with Crippen molar-refractivity contribution in [3.05, 3.63) is 29.3 Å². The molecule has 1 aromatic rings. The normalized spacial score (nSPS) is 21.1. The van der Waals surface area contributed by atoms with Gasteiger partial charge in [-0.2, -0.15) is 0 Å². The summed E-state index contributed by atoms with van der Waals surface area (Å²) in [7, 11) is 0. The summed E-state index contributed by atoms with van der Waals surface area (Å²) < 4.78 is 5.49. The number of ether oxygens (including phenoxy) is 1.